The van der Waals surface area contributed by atoms with E-state index in [4.69, 9.17) is 0 Å². The van der Waals surface area contributed by atoms with Crippen molar-refractivity contribution < 1.29 is 4.79 Å². The van der Waals surface area contributed by atoms with Gasteiger partial charge in [-0.25, -0.2) is 0 Å². The van der Waals surface area contributed by atoms with Gasteiger partial charge in [0.15, 0.2) is 0 Å². The summed E-state index contributed by atoms with van der Waals surface area (Å²) in [6, 6.07) is 4.02. The third-order valence-electron chi connectivity index (χ3n) is 4.63. The molecule has 0 bridgehead atoms. The minimum atomic E-state index is 0. The molecule has 0 aliphatic carbocycles. The number of nitrogens with zero attached hydrogens (tertiary/aromatic N) is 2. The van der Waals surface area contributed by atoms with E-state index in [1.54, 1.807) is 6.20 Å². The number of fused-ring (bicyclic) bond motifs is 1. The van der Waals surface area contributed by atoms with E-state index in [1.807, 2.05) is 24.9 Å². The normalized spacial score (nSPS) is 15.7. The number of nitrogens with one attached hydrogen (secondary N) is 2. The van der Waals surface area contributed by atoms with Gasteiger partial charge in [0.2, 0.25) is 0 Å². The van der Waals surface area contributed by atoms with Crippen molar-refractivity contribution in [3.63, 3.8) is 0 Å². The molecular formula is C17H25ClN4O. The lowest BCUT2D eigenvalue weighted by atomic mass is 9.93. The third-order valence-corrected chi connectivity index (χ3v) is 4.63. The van der Waals surface area contributed by atoms with Crippen molar-refractivity contribution in [2.45, 2.75) is 26.2 Å². The first kappa shape index (κ1) is 17.8. The highest BCUT2D eigenvalue weighted by molar-refractivity contribution is 6.05. The van der Waals surface area contributed by atoms with E-state index in [9.17, 15) is 4.79 Å². The Bertz CT molecular complexity index is 662. The van der Waals surface area contributed by atoms with E-state index >= 15 is 0 Å². The molecule has 0 unspecified atom stereocenters. The summed E-state index contributed by atoms with van der Waals surface area (Å²) < 4.78 is 0. The molecule has 1 aliphatic heterocycles. The van der Waals surface area contributed by atoms with Gasteiger partial charge in [-0.15, -0.1) is 12.4 Å². The van der Waals surface area contributed by atoms with Crippen molar-refractivity contribution >= 4 is 29.2 Å². The Labute approximate surface area is 143 Å². The first-order valence-corrected chi connectivity index (χ1v) is 8.06. The van der Waals surface area contributed by atoms with Crippen LogP contribution < -0.4 is 5.32 Å². The topological polar surface area (TPSA) is 61.0 Å². The van der Waals surface area contributed by atoms with Gasteiger partial charge in [-0.3, -0.25) is 9.89 Å². The number of aromatic amines is 1. The molecule has 0 spiro atoms. The van der Waals surface area contributed by atoms with Crippen LogP contribution in [0.4, 0.5) is 0 Å². The second-order valence-corrected chi connectivity index (χ2v) is 6.27. The third kappa shape index (κ3) is 3.85. The Hall–Kier alpha value is -1.59. The predicted molar refractivity (Wildman–Crippen MR) is 95.2 cm³/mol. The van der Waals surface area contributed by atoms with Crippen molar-refractivity contribution in [2.24, 2.45) is 5.92 Å². The van der Waals surface area contributed by atoms with Crippen LogP contribution >= 0.6 is 12.4 Å². The molecule has 1 fully saturated rings. The number of halogens is 1. The van der Waals surface area contributed by atoms with Crippen LogP contribution in [-0.2, 0) is 0 Å². The number of aromatic nitrogens is 2. The number of carbonyl (C=O) groups excluding carboxylic acids is 1. The molecule has 23 heavy (non-hydrogen) atoms. The minimum Gasteiger partial charge on any atom is -0.339 e. The van der Waals surface area contributed by atoms with Crippen LogP contribution in [0.3, 0.4) is 0 Å². The molecule has 0 atom stereocenters. The van der Waals surface area contributed by atoms with Gasteiger partial charge >= 0.3 is 0 Å². The van der Waals surface area contributed by atoms with Crippen LogP contribution in [0.5, 0.6) is 0 Å². The van der Waals surface area contributed by atoms with Crippen LogP contribution in [0.2, 0.25) is 0 Å². The fraction of sp³-hybridized carbons (Fsp3) is 0.529. The minimum absolute atomic E-state index is 0. The number of rotatable bonds is 4. The summed E-state index contributed by atoms with van der Waals surface area (Å²) in [7, 11) is 1.99. The number of H-pyrrole nitrogens is 1. The summed E-state index contributed by atoms with van der Waals surface area (Å²) in [5.74, 6) is 0.867. The van der Waals surface area contributed by atoms with Gasteiger partial charge in [0.05, 0.1) is 17.3 Å². The average molecular weight is 337 g/mol. The highest BCUT2D eigenvalue weighted by Crippen LogP contribution is 2.24. The number of carbonyl (C=O) groups is 1. The van der Waals surface area contributed by atoms with Gasteiger partial charge in [-0.1, -0.05) is 0 Å². The van der Waals surface area contributed by atoms with E-state index in [0.717, 1.165) is 60.4 Å². The lowest BCUT2D eigenvalue weighted by Crippen LogP contribution is -2.39. The summed E-state index contributed by atoms with van der Waals surface area (Å²) in [6.07, 6.45) is 5.19. The Morgan fingerprint density at radius 2 is 2.13 bits per heavy atom. The molecule has 6 heteroatoms. The van der Waals surface area contributed by atoms with Crippen LogP contribution in [-0.4, -0.2) is 47.7 Å². The van der Waals surface area contributed by atoms with E-state index in [1.165, 1.54) is 6.42 Å². The van der Waals surface area contributed by atoms with Crippen LogP contribution in [0, 0.1) is 12.8 Å². The molecule has 2 aromatic rings. The maximum Gasteiger partial charge on any atom is 0.256 e. The van der Waals surface area contributed by atoms with Crippen molar-refractivity contribution in [1.29, 1.82) is 0 Å². The Morgan fingerprint density at radius 3 is 2.83 bits per heavy atom. The van der Waals surface area contributed by atoms with E-state index < -0.39 is 0 Å². The molecule has 5 nitrogen and oxygen atoms in total. The fourth-order valence-corrected chi connectivity index (χ4v) is 3.32. The van der Waals surface area contributed by atoms with Crippen LogP contribution in [0.25, 0.3) is 10.9 Å². The average Bonchev–Trinajstić information content (AvgIpc) is 3.00. The summed E-state index contributed by atoms with van der Waals surface area (Å²) in [6.45, 7) is 4.80. The van der Waals surface area contributed by atoms with Crippen LogP contribution in [0.1, 0.15) is 35.2 Å². The zero-order valence-corrected chi connectivity index (χ0v) is 14.6. The summed E-state index contributed by atoms with van der Waals surface area (Å²) >= 11 is 0. The molecule has 0 saturated carbocycles. The molecule has 1 amide bonds. The summed E-state index contributed by atoms with van der Waals surface area (Å²) in [5.41, 5.74) is 2.70. The molecule has 1 aromatic heterocycles. The Morgan fingerprint density at radius 1 is 1.39 bits per heavy atom. The van der Waals surface area contributed by atoms with Gasteiger partial charge < -0.3 is 10.2 Å². The molecular weight excluding hydrogens is 312 g/mol. The maximum absolute atomic E-state index is 12.9. The molecule has 3 rings (SSSR count). The van der Waals surface area contributed by atoms with Crippen LogP contribution in [0.15, 0.2) is 18.3 Å². The number of piperidine rings is 1. The first-order valence-electron chi connectivity index (χ1n) is 8.06. The Balaban J connectivity index is 0.00000192. The SMILES string of the molecule is CNCCC1CCN(C(=O)c2cc(C)cc3cn[nH]c23)CC1.Cl. The number of benzene rings is 1. The van der Waals surface area contributed by atoms with E-state index in [0.29, 0.717) is 0 Å². The lowest BCUT2D eigenvalue weighted by molar-refractivity contribution is 0.0689. The van der Waals surface area contributed by atoms with Gasteiger partial charge in [0.1, 0.15) is 0 Å². The monoisotopic (exact) mass is 336 g/mol. The molecule has 1 saturated heterocycles. The lowest BCUT2D eigenvalue weighted by Gasteiger charge is -2.32. The van der Waals surface area contributed by atoms with Gasteiger partial charge in [0.25, 0.3) is 5.91 Å². The first-order chi connectivity index (χ1) is 10.7. The maximum atomic E-state index is 12.9. The van der Waals surface area contributed by atoms with Gasteiger partial charge in [0, 0.05) is 18.5 Å². The molecule has 1 aromatic carbocycles. The quantitative estimate of drug-likeness (QED) is 0.902. The highest BCUT2D eigenvalue weighted by Gasteiger charge is 2.25. The van der Waals surface area contributed by atoms with Crippen molar-refractivity contribution in [3.8, 4) is 0 Å². The zero-order valence-electron chi connectivity index (χ0n) is 13.8. The smallest absolute Gasteiger partial charge is 0.256 e. The van der Waals surface area contributed by atoms with Crippen molar-refractivity contribution in [2.75, 3.05) is 26.7 Å². The van der Waals surface area contributed by atoms with Gasteiger partial charge in [-0.2, -0.15) is 5.10 Å². The molecule has 1 aliphatic rings. The number of likely N-dealkylation sites (tertiary alicyclic amines) is 1. The van der Waals surface area contributed by atoms with Crippen molar-refractivity contribution in [3.05, 3.63) is 29.5 Å². The summed E-state index contributed by atoms with van der Waals surface area (Å²) in [5, 5.41) is 11.3. The number of amides is 1. The number of hydrogen-bond acceptors (Lipinski definition) is 3. The Kier molecular flexibility index (Phi) is 6.02. The number of aryl methyl sites for hydroxylation is 1. The van der Waals surface area contributed by atoms with E-state index in [-0.39, 0.29) is 18.3 Å². The standard InChI is InChI=1S/C17H24N4O.ClH/c1-12-9-14-11-19-20-16(14)15(10-12)17(22)21-7-4-13(5-8-21)3-6-18-2;/h9-11,13,18H,3-8H2,1-2H3,(H,19,20);1H. The molecule has 0 radical (unpaired) electrons. The molecule has 2 N–H and O–H groups in total. The van der Waals surface area contributed by atoms with Crippen molar-refractivity contribution in [1.82, 2.24) is 20.4 Å². The zero-order chi connectivity index (χ0) is 15.5. The molecule has 2 heterocycles. The fourth-order valence-electron chi connectivity index (χ4n) is 3.32. The predicted octanol–water partition coefficient (Wildman–Crippen LogP) is 2.75. The highest BCUT2D eigenvalue weighted by atomic mass is 35.5. The van der Waals surface area contributed by atoms with Gasteiger partial charge in [-0.05, 0) is 63.4 Å². The summed E-state index contributed by atoms with van der Waals surface area (Å²) in [4.78, 5) is 14.8. The molecule has 126 valence electrons. The second kappa shape index (κ2) is 7.79. The van der Waals surface area contributed by atoms with E-state index in [2.05, 4.69) is 21.6 Å². The second-order valence-electron chi connectivity index (χ2n) is 6.27. The largest absolute Gasteiger partial charge is 0.339 e. The number of hydrogen-bond donors (Lipinski definition) is 2.